The van der Waals surface area contributed by atoms with Crippen LogP contribution in [0.2, 0.25) is 0 Å². The van der Waals surface area contributed by atoms with Gasteiger partial charge in [-0.3, -0.25) is 4.79 Å². The monoisotopic (exact) mass is 242 g/mol. The van der Waals surface area contributed by atoms with Crippen molar-refractivity contribution in [1.82, 2.24) is 0 Å². The maximum atomic E-state index is 13.8. The summed E-state index contributed by atoms with van der Waals surface area (Å²) in [6, 6.07) is 4.83. The van der Waals surface area contributed by atoms with E-state index >= 15 is 0 Å². The fraction of sp³-hybridized carbons (Fsp3) is 0.417. The molecule has 0 fully saturated rings. The SMILES string of the molecule is CSc1cccc(F)c1C(C)(C)CC(=O)O. The Balaban J connectivity index is 3.24. The Hall–Kier alpha value is -1.03. The van der Waals surface area contributed by atoms with Crippen molar-refractivity contribution < 1.29 is 14.3 Å². The van der Waals surface area contributed by atoms with Crippen LogP contribution in [0.15, 0.2) is 23.1 Å². The van der Waals surface area contributed by atoms with Gasteiger partial charge in [-0.1, -0.05) is 19.9 Å². The number of carbonyl (C=O) groups is 1. The van der Waals surface area contributed by atoms with Gasteiger partial charge in [-0.05, 0) is 18.4 Å². The summed E-state index contributed by atoms with van der Waals surface area (Å²) < 4.78 is 13.8. The van der Waals surface area contributed by atoms with Crippen molar-refractivity contribution in [2.24, 2.45) is 0 Å². The molecule has 1 aromatic carbocycles. The van der Waals surface area contributed by atoms with E-state index in [2.05, 4.69) is 0 Å². The minimum atomic E-state index is -0.916. The number of benzene rings is 1. The molecule has 0 saturated carbocycles. The molecular weight excluding hydrogens is 227 g/mol. The van der Waals surface area contributed by atoms with Crippen molar-refractivity contribution in [2.75, 3.05) is 6.26 Å². The van der Waals surface area contributed by atoms with Gasteiger partial charge in [-0.15, -0.1) is 11.8 Å². The maximum Gasteiger partial charge on any atom is 0.304 e. The van der Waals surface area contributed by atoms with Crippen LogP contribution < -0.4 is 0 Å². The third kappa shape index (κ3) is 2.76. The third-order valence-corrected chi connectivity index (χ3v) is 3.25. The summed E-state index contributed by atoms with van der Waals surface area (Å²) in [5, 5.41) is 8.84. The van der Waals surface area contributed by atoms with Gasteiger partial charge in [0.15, 0.2) is 0 Å². The lowest BCUT2D eigenvalue weighted by Gasteiger charge is -2.25. The lowest BCUT2D eigenvalue weighted by molar-refractivity contribution is -0.138. The van der Waals surface area contributed by atoms with Gasteiger partial charge in [0.2, 0.25) is 0 Å². The van der Waals surface area contributed by atoms with Gasteiger partial charge in [-0.25, -0.2) is 4.39 Å². The predicted octanol–water partition coefficient (Wildman–Crippen LogP) is 3.30. The molecule has 0 spiro atoms. The number of halogens is 1. The topological polar surface area (TPSA) is 37.3 Å². The Labute approximate surface area is 98.9 Å². The highest BCUT2D eigenvalue weighted by Gasteiger charge is 2.29. The average molecular weight is 242 g/mol. The minimum absolute atomic E-state index is 0.0819. The fourth-order valence-corrected chi connectivity index (χ4v) is 2.59. The zero-order valence-corrected chi connectivity index (χ0v) is 10.4. The van der Waals surface area contributed by atoms with E-state index < -0.39 is 11.4 Å². The van der Waals surface area contributed by atoms with E-state index in [1.54, 1.807) is 19.9 Å². The van der Waals surface area contributed by atoms with Gasteiger partial charge in [0.05, 0.1) is 6.42 Å². The summed E-state index contributed by atoms with van der Waals surface area (Å²) in [4.78, 5) is 11.6. The molecule has 0 radical (unpaired) electrons. The van der Waals surface area contributed by atoms with Crippen molar-refractivity contribution in [3.05, 3.63) is 29.6 Å². The number of carboxylic acids is 1. The van der Waals surface area contributed by atoms with E-state index in [-0.39, 0.29) is 12.2 Å². The third-order valence-electron chi connectivity index (χ3n) is 2.47. The van der Waals surface area contributed by atoms with Crippen molar-refractivity contribution >= 4 is 17.7 Å². The molecule has 0 aliphatic heterocycles. The number of hydrogen-bond acceptors (Lipinski definition) is 2. The largest absolute Gasteiger partial charge is 0.481 e. The first-order valence-electron chi connectivity index (χ1n) is 4.93. The summed E-state index contributed by atoms with van der Waals surface area (Å²) in [7, 11) is 0. The van der Waals surface area contributed by atoms with Gasteiger partial charge in [-0.2, -0.15) is 0 Å². The molecule has 16 heavy (non-hydrogen) atoms. The Morgan fingerprint density at radius 1 is 1.50 bits per heavy atom. The molecule has 2 nitrogen and oxygen atoms in total. The van der Waals surface area contributed by atoms with Gasteiger partial charge in [0.25, 0.3) is 0 Å². The summed E-state index contributed by atoms with van der Waals surface area (Å²) >= 11 is 1.43. The van der Waals surface area contributed by atoms with Crippen molar-refractivity contribution in [1.29, 1.82) is 0 Å². The zero-order valence-electron chi connectivity index (χ0n) is 9.58. The summed E-state index contributed by atoms with van der Waals surface area (Å²) in [5.41, 5.74) is -0.208. The van der Waals surface area contributed by atoms with Crippen LogP contribution in [-0.4, -0.2) is 17.3 Å². The van der Waals surface area contributed by atoms with E-state index in [0.29, 0.717) is 5.56 Å². The van der Waals surface area contributed by atoms with Gasteiger partial charge >= 0.3 is 5.97 Å². The number of carboxylic acid groups (broad SMARTS) is 1. The zero-order chi connectivity index (χ0) is 12.3. The highest BCUT2D eigenvalue weighted by Crippen LogP contribution is 2.35. The molecule has 1 aromatic rings. The molecule has 1 N–H and O–H groups in total. The van der Waals surface area contributed by atoms with Crippen LogP contribution in [0.1, 0.15) is 25.8 Å². The fourth-order valence-electron chi connectivity index (χ4n) is 1.80. The van der Waals surface area contributed by atoms with Crippen LogP contribution in [0.5, 0.6) is 0 Å². The summed E-state index contributed by atoms with van der Waals surface area (Å²) in [5.74, 6) is -1.25. The molecule has 0 amide bonds. The normalized spacial score (nSPS) is 11.5. The molecule has 1 rings (SSSR count). The molecule has 0 heterocycles. The van der Waals surface area contributed by atoms with Crippen LogP contribution in [0, 0.1) is 5.82 Å². The van der Waals surface area contributed by atoms with E-state index in [4.69, 9.17) is 5.11 Å². The molecule has 0 bridgehead atoms. The van der Waals surface area contributed by atoms with E-state index in [9.17, 15) is 9.18 Å². The molecule has 0 aliphatic rings. The Morgan fingerprint density at radius 3 is 2.62 bits per heavy atom. The number of thioether (sulfide) groups is 1. The predicted molar refractivity (Wildman–Crippen MR) is 63.5 cm³/mol. The van der Waals surface area contributed by atoms with Crippen LogP contribution in [-0.2, 0) is 10.2 Å². The molecule has 88 valence electrons. The number of aliphatic carboxylic acids is 1. The second kappa shape index (κ2) is 4.87. The molecule has 0 unspecified atom stereocenters. The van der Waals surface area contributed by atoms with Gasteiger partial charge in [0.1, 0.15) is 5.82 Å². The molecule has 0 atom stereocenters. The highest BCUT2D eigenvalue weighted by molar-refractivity contribution is 7.98. The second-order valence-electron chi connectivity index (χ2n) is 4.27. The number of hydrogen-bond donors (Lipinski definition) is 1. The average Bonchev–Trinajstić information content (AvgIpc) is 2.14. The van der Waals surface area contributed by atoms with Gasteiger partial charge < -0.3 is 5.11 Å². The van der Waals surface area contributed by atoms with Crippen LogP contribution in [0.4, 0.5) is 4.39 Å². The van der Waals surface area contributed by atoms with Crippen LogP contribution in [0.3, 0.4) is 0 Å². The standard InChI is InChI=1S/C12H15FO2S/c1-12(2,7-10(14)15)11-8(13)5-4-6-9(11)16-3/h4-6H,7H2,1-3H3,(H,14,15). The van der Waals surface area contributed by atoms with Crippen molar-refractivity contribution in [3.8, 4) is 0 Å². The highest BCUT2D eigenvalue weighted by atomic mass is 32.2. The Morgan fingerprint density at radius 2 is 2.12 bits per heavy atom. The molecule has 4 heteroatoms. The molecular formula is C12H15FO2S. The Bertz CT molecular complexity index is 402. The number of rotatable bonds is 4. The maximum absolute atomic E-state index is 13.8. The second-order valence-corrected chi connectivity index (χ2v) is 5.12. The Kier molecular flexibility index (Phi) is 3.97. The van der Waals surface area contributed by atoms with E-state index in [1.165, 1.54) is 17.8 Å². The lowest BCUT2D eigenvalue weighted by atomic mass is 9.81. The molecule has 0 aliphatic carbocycles. The quantitative estimate of drug-likeness (QED) is 0.823. The van der Waals surface area contributed by atoms with E-state index in [1.807, 2.05) is 12.3 Å². The van der Waals surface area contributed by atoms with Crippen LogP contribution in [0.25, 0.3) is 0 Å². The lowest BCUT2D eigenvalue weighted by Crippen LogP contribution is -2.24. The van der Waals surface area contributed by atoms with E-state index in [0.717, 1.165) is 4.90 Å². The molecule has 0 aromatic heterocycles. The minimum Gasteiger partial charge on any atom is -0.481 e. The van der Waals surface area contributed by atoms with Crippen LogP contribution >= 0.6 is 11.8 Å². The van der Waals surface area contributed by atoms with Gasteiger partial charge in [0, 0.05) is 15.9 Å². The summed E-state index contributed by atoms with van der Waals surface area (Å²) in [6.45, 7) is 3.50. The van der Waals surface area contributed by atoms with Crippen molar-refractivity contribution in [2.45, 2.75) is 30.6 Å². The first-order chi connectivity index (χ1) is 7.38. The first-order valence-corrected chi connectivity index (χ1v) is 6.15. The smallest absolute Gasteiger partial charge is 0.304 e. The molecule has 0 saturated heterocycles. The summed E-state index contributed by atoms with van der Waals surface area (Å²) in [6.07, 6.45) is 1.77. The first kappa shape index (κ1) is 13.0. The van der Waals surface area contributed by atoms with Crippen molar-refractivity contribution in [3.63, 3.8) is 0 Å².